The van der Waals surface area contributed by atoms with Gasteiger partial charge in [-0.3, -0.25) is 0 Å². The van der Waals surface area contributed by atoms with Gasteiger partial charge < -0.3 is 4.55 Å². The Kier molecular flexibility index (Phi) is 4.32. The van der Waals surface area contributed by atoms with Crippen LogP contribution in [0.4, 0.5) is 13.2 Å². The predicted molar refractivity (Wildman–Crippen MR) is 15.8 cm³/mol. The van der Waals surface area contributed by atoms with E-state index >= 15 is 0 Å². The second-order valence-electron chi connectivity index (χ2n) is 0.900. The summed E-state index contributed by atoms with van der Waals surface area (Å²) < 4.78 is 58.9. The van der Waals surface area contributed by atoms with Gasteiger partial charge in [0.1, 0.15) is 0 Å². The molecule has 3 nitrogen and oxygen atoms in total. The normalized spacial score (nSPS) is 12.4. The summed E-state index contributed by atoms with van der Waals surface area (Å²) in [7, 11) is -6.09. The van der Waals surface area contributed by atoms with Crippen molar-refractivity contribution in [1.29, 1.82) is 0 Å². The number of hydrogen-bond acceptors (Lipinski definition) is 3. The SMILES string of the molecule is O=S(=O)([O-])C(F)(F)F.[Hg+]. The van der Waals surface area contributed by atoms with Crippen LogP contribution in [-0.2, 0) is 37.8 Å². The molecular formula is CF3HgO3S. The van der Waals surface area contributed by atoms with E-state index in [0.717, 1.165) is 0 Å². The van der Waals surface area contributed by atoms with Crippen LogP contribution in [0.1, 0.15) is 0 Å². The van der Waals surface area contributed by atoms with Crippen LogP contribution in [0.5, 0.6) is 0 Å². The van der Waals surface area contributed by atoms with Crippen molar-refractivity contribution in [2.24, 2.45) is 0 Å². The molecule has 8 heteroatoms. The van der Waals surface area contributed by atoms with Crippen molar-refractivity contribution in [2.75, 3.05) is 0 Å². The van der Waals surface area contributed by atoms with Gasteiger partial charge in [-0.25, -0.2) is 8.42 Å². The molecule has 0 aliphatic carbocycles. The summed E-state index contributed by atoms with van der Waals surface area (Å²) >= 11 is 0. The van der Waals surface area contributed by atoms with Gasteiger partial charge in [0.15, 0.2) is 10.1 Å². The van der Waals surface area contributed by atoms with Crippen LogP contribution >= 0.6 is 0 Å². The van der Waals surface area contributed by atoms with Crippen LogP contribution in [0, 0.1) is 0 Å². The first kappa shape index (κ1) is 12.3. The van der Waals surface area contributed by atoms with Gasteiger partial charge in [0.25, 0.3) is 0 Å². The predicted octanol–water partition coefficient (Wildman–Crippen LogP) is 0.0489. The van der Waals surface area contributed by atoms with E-state index in [1.165, 1.54) is 0 Å². The van der Waals surface area contributed by atoms with Crippen LogP contribution in [0.2, 0.25) is 0 Å². The Bertz CT molecular complexity index is 168. The fourth-order valence-electron chi connectivity index (χ4n) is 0. The summed E-state index contributed by atoms with van der Waals surface area (Å²) in [5.74, 6) is 0. The molecule has 1 radical (unpaired) electrons. The molecule has 0 saturated heterocycles. The van der Waals surface area contributed by atoms with Crippen molar-refractivity contribution >= 4 is 10.1 Å². The second-order valence-corrected chi connectivity index (χ2v) is 2.27. The van der Waals surface area contributed by atoms with Crippen molar-refractivity contribution in [3.05, 3.63) is 0 Å². The van der Waals surface area contributed by atoms with Gasteiger partial charge >= 0.3 is 33.2 Å². The van der Waals surface area contributed by atoms with Crippen molar-refractivity contribution in [3.8, 4) is 0 Å². The van der Waals surface area contributed by atoms with Crippen molar-refractivity contribution in [2.45, 2.75) is 5.51 Å². The zero-order valence-corrected chi connectivity index (χ0v) is 10.3. The van der Waals surface area contributed by atoms with Gasteiger partial charge in [-0.05, 0) is 0 Å². The first-order valence-electron chi connectivity index (χ1n) is 1.27. The van der Waals surface area contributed by atoms with Crippen molar-refractivity contribution < 1.29 is 53.8 Å². The summed E-state index contributed by atoms with van der Waals surface area (Å²) in [6.45, 7) is 0. The minimum atomic E-state index is -6.09. The Morgan fingerprint density at radius 3 is 1.33 bits per heavy atom. The molecule has 0 N–H and O–H groups in total. The molecule has 0 unspecified atom stereocenters. The van der Waals surface area contributed by atoms with E-state index in [4.69, 9.17) is 13.0 Å². The fourth-order valence-corrected chi connectivity index (χ4v) is 0. The Hall–Kier alpha value is 0.635. The molecule has 0 rings (SSSR count). The summed E-state index contributed by atoms with van der Waals surface area (Å²) in [6.07, 6.45) is 0. The standard InChI is InChI=1S/CHF3O3S.Hg/c2-1(3,4)8(5,6)7;/h(H,5,6,7);/q;+1/p-1. The van der Waals surface area contributed by atoms with E-state index in [9.17, 15) is 13.2 Å². The van der Waals surface area contributed by atoms with E-state index in [2.05, 4.69) is 0 Å². The molecular weight excluding hydrogens is 350 g/mol. The number of hydrogen-bond donors (Lipinski definition) is 0. The zero-order valence-electron chi connectivity index (χ0n) is 3.97. The third kappa shape index (κ3) is 4.09. The third-order valence-electron chi connectivity index (χ3n) is 0.283. The molecule has 0 bridgehead atoms. The molecule has 0 aliphatic heterocycles. The summed E-state index contributed by atoms with van der Waals surface area (Å²) in [6, 6.07) is 0. The largest absolute Gasteiger partial charge is 1.00 e. The van der Waals surface area contributed by atoms with Crippen LogP contribution < -0.4 is 0 Å². The van der Waals surface area contributed by atoms with Crippen LogP contribution in [0.15, 0.2) is 0 Å². The molecule has 0 aromatic rings. The van der Waals surface area contributed by atoms with E-state index in [0.29, 0.717) is 0 Å². The first-order chi connectivity index (χ1) is 3.25. The minimum Gasteiger partial charge on any atom is -0.741 e. The number of alkyl halides is 3. The van der Waals surface area contributed by atoms with Crippen LogP contribution in [0.3, 0.4) is 0 Å². The minimum absolute atomic E-state index is 0. The van der Waals surface area contributed by atoms with Gasteiger partial charge in [-0.2, -0.15) is 13.2 Å². The van der Waals surface area contributed by atoms with Crippen LogP contribution in [-0.4, -0.2) is 18.5 Å². The van der Waals surface area contributed by atoms with Crippen molar-refractivity contribution in [3.63, 3.8) is 0 Å². The maximum atomic E-state index is 10.7. The zero-order chi connectivity index (χ0) is 7.00. The molecule has 0 spiro atoms. The summed E-state index contributed by atoms with van der Waals surface area (Å²) in [4.78, 5) is 0. The van der Waals surface area contributed by atoms with E-state index in [1.807, 2.05) is 0 Å². The Labute approximate surface area is 69.5 Å². The topological polar surface area (TPSA) is 57.2 Å². The summed E-state index contributed by atoms with van der Waals surface area (Å²) in [5.41, 5.74) is -5.65. The van der Waals surface area contributed by atoms with Gasteiger partial charge in [0.2, 0.25) is 0 Å². The Morgan fingerprint density at radius 2 is 1.33 bits per heavy atom. The van der Waals surface area contributed by atoms with Gasteiger partial charge in [0.05, 0.1) is 0 Å². The summed E-state index contributed by atoms with van der Waals surface area (Å²) in [5, 5.41) is 0. The molecule has 0 saturated carbocycles. The average molecular weight is 350 g/mol. The first-order valence-corrected chi connectivity index (χ1v) is 2.68. The number of rotatable bonds is 0. The fraction of sp³-hybridized carbons (Fsp3) is 1.00. The molecule has 51 valence electrons. The third-order valence-corrected chi connectivity index (χ3v) is 0.850. The molecule has 0 aliphatic rings. The van der Waals surface area contributed by atoms with Crippen molar-refractivity contribution in [1.82, 2.24) is 0 Å². The molecule has 0 amide bonds. The van der Waals surface area contributed by atoms with Gasteiger partial charge in [-0.1, -0.05) is 0 Å². The Morgan fingerprint density at radius 1 is 1.22 bits per heavy atom. The second kappa shape index (κ2) is 3.15. The monoisotopic (exact) mass is 351 g/mol. The van der Waals surface area contributed by atoms with Gasteiger partial charge in [0, 0.05) is 0 Å². The molecule has 0 heterocycles. The maximum absolute atomic E-state index is 10.7. The van der Waals surface area contributed by atoms with Gasteiger partial charge in [-0.15, -0.1) is 0 Å². The van der Waals surface area contributed by atoms with Crippen LogP contribution in [0.25, 0.3) is 0 Å². The van der Waals surface area contributed by atoms with E-state index in [-0.39, 0.29) is 27.7 Å². The molecule has 0 aromatic heterocycles. The van der Waals surface area contributed by atoms with E-state index in [1.54, 1.807) is 0 Å². The van der Waals surface area contributed by atoms with E-state index < -0.39 is 15.6 Å². The average Bonchev–Trinajstić information content (AvgIpc) is 1.25. The molecule has 9 heavy (non-hydrogen) atoms. The Balaban J connectivity index is 0. The smallest absolute Gasteiger partial charge is 0.741 e. The molecule has 0 atom stereocenters. The quantitative estimate of drug-likeness (QED) is 0.353. The molecule has 0 fully saturated rings. The molecule has 0 aromatic carbocycles. The number of halogens is 3. The maximum Gasteiger partial charge on any atom is 1.00 e.